The van der Waals surface area contributed by atoms with Crippen LogP contribution in [0.15, 0.2) is 0 Å². The predicted molar refractivity (Wildman–Crippen MR) is 42.1 cm³/mol. The van der Waals surface area contributed by atoms with Gasteiger partial charge in [0.25, 0.3) is 0 Å². The van der Waals surface area contributed by atoms with Crippen LogP contribution in [0.1, 0.15) is 19.8 Å². The molecule has 0 saturated carbocycles. The van der Waals surface area contributed by atoms with E-state index in [2.05, 4.69) is 5.32 Å². The van der Waals surface area contributed by atoms with Gasteiger partial charge in [-0.05, 0) is 6.92 Å². The topological polar surface area (TPSA) is 89.3 Å². The molecule has 2 amide bonds. The van der Waals surface area contributed by atoms with Crippen LogP contribution in [0.25, 0.3) is 0 Å². The van der Waals surface area contributed by atoms with Gasteiger partial charge in [0, 0.05) is 13.0 Å². The first-order valence-electron chi connectivity index (χ1n) is 3.57. The lowest BCUT2D eigenvalue weighted by Gasteiger charge is -2.00. The van der Waals surface area contributed by atoms with Gasteiger partial charge in [-0.25, -0.2) is 0 Å². The normalized spacial score (nSPS) is 9.08. The van der Waals surface area contributed by atoms with E-state index in [1.807, 2.05) is 0 Å². The smallest absolute Gasteiger partial charge is 0.227 e. The maximum absolute atomic E-state index is 10.8. The molecule has 68 valence electrons. The number of Topliss-reactive ketones (excluding diaryl/α,β-unsaturated/α-hetero) is 1. The van der Waals surface area contributed by atoms with Gasteiger partial charge < -0.3 is 11.1 Å². The summed E-state index contributed by atoms with van der Waals surface area (Å²) in [6.07, 6.45) is -0.0393. The Morgan fingerprint density at radius 2 is 1.92 bits per heavy atom. The minimum Gasteiger partial charge on any atom is -0.370 e. The molecule has 0 heterocycles. The average molecular weight is 172 g/mol. The Kier molecular flexibility index (Phi) is 4.67. The molecule has 0 aliphatic heterocycles. The average Bonchev–Trinajstić information content (AvgIpc) is 1.84. The van der Waals surface area contributed by atoms with E-state index >= 15 is 0 Å². The Labute approximate surface area is 70.3 Å². The number of carbonyl (C=O) groups excluding carboxylic acids is 3. The molecule has 0 aromatic carbocycles. The molecular formula is C7H12N2O3. The van der Waals surface area contributed by atoms with E-state index in [1.54, 1.807) is 0 Å². The van der Waals surface area contributed by atoms with Crippen LogP contribution in [0.5, 0.6) is 0 Å². The number of ketones is 1. The van der Waals surface area contributed by atoms with Crippen molar-refractivity contribution in [1.82, 2.24) is 5.32 Å². The van der Waals surface area contributed by atoms with Crippen LogP contribution in [0.4, 0.5) is 0 Å². The lowest BCUT2D eigenvalue weighted by atomic mass is 10.3. The van der Waals surface area contributed by atoms with Crippen molar-refractivity contribution in [3.63, 3.8) is 0 Å². The largest absolute Gasteiger partial charge is 0.370 e. The summed E-state index contributed by atoms with van der Waals surface area (Å²) in [6.45, 7) is 1.52. The molecule has 0 atom stereocenters. The molecule has 5 nitrogen and oxygen atoms in total. The second kappa shape index (κ2) is 5.29. The molecule has 0 aromatic heterocycles. The van der Waals surface area contributed by atoms with Crippen LogP contribution in [0.2, 0.25) is 0 Å². The number of carbonyl (C=O) groups is 3. The summed E-state index contributed by atoms with van der Waals surface area (Å²) >= 11 is 0. The Morgan fingerprint density at radius 3 is 2.33 bits per heavy atom. The van der Waals surface area contributed by atoms with Gasteiger partial charge in [-0.15, -0.1) is 0 Å². The highest BCUT2D eigenvalue weighted by molar-refractivity contribution is 5.96. The molecule has 0 radical (unpaired) electrons. The predicted octanol–water partition coefficient (Wildman–Crippen LogP) is -1.04. The molecule has 0 rings (SSSR count). The van der Waals surface area contributed by atoms with Crippen molar-refractivity contribution in [2.24, 2.45) is 5.73 Å². The van der Waals surface area contributed by atoms with Crippen molar-refractivity contribution in [2.45, 2.75) is 19.8 Å². The van der Waals surface area contributed by atoms with Gasteiger partial charge in [0.05, 0.1) is 6.42 Å². The van der Waals surface area contributed by atoms with Gasteiger partial charge in [0.1, 0.15) is 5.78 Å². The Balaban J connectivity index is 3.44. The fraction of sp³-hybridized carbons (Fsp3) is 0.571. The SMILES string of the molecule is CC(=O)CC(=O)NCCC(N)=O. The zero-order valence-corrected chi connectivity index (χ0v) is 6.92. The molecule has 0 spiro atoms. The van der Waals surface area contributed by atoms with Crippen molar-refractivity contribution in [3.05, 3.63) is 0 Å². The zero-order chi connectivity index (χ0) is 9.56. The second-order valence-corrected chi connectivity index (χ2v) is 2.45. The fourth-order valence-corrected chi connectivity index (χ4v) is 0.614. The third-order valence-electron chi connectivity index (χ3n) is 1.10. The molecule has 0 saturated heterocycles. The highest BCUT2D eigenvalue weighted by Crippen LogP contribution is 1.82. The number of rotatable bonds is 5. The minimum atomic E-state index is -0.474. The summed E-state index contributed by atoms with van der Waals surface area (Å²) in [5.74, 6) is -1.05. The summed E-state index contributed by atoms with van der Waals surface area (Å²) in [4.78, 5) is 31.4. The number of nitrogens with one attached hydrogen (secondary N) is 1. The number of amides is 2. The number of hydrogen-bond acceptors (Lipinski definition) is 3. The highest BCUT2D eigenvalue weighted by Gasteiger charge is 2.03. The lowest BCUT2D eigenvalue weighted by molar-refractivity contribution is -0.127. The summed E-state index contributed by atoms with van der Waals surface area (Å²) in [5, 5.41) is 2.38. The molecule has 0 bridgehead atoms. The maximum atomic E-state index is 10.8. The molecule has 0 fully saturated rings. The van der Waals surface area contributed by atoms with Gasteiger partial charge in [0.15, 0.2) is 0 Å². The van der Waals surface area contributed by atoms with Crippen LogP contribution < -0.4 is 11.1 Å². The van der Waals surface area contributed by atoms with Crippen LogP contribution in [-0.2, 0) is 14.4 Å². The lowest BCUT2D eigenvalue weighted by Crippen LogP contribution is -2.28. The molecule has 0 unspecified atom stereocenters. The third kappa shape index (κ3) is 6.73. The molecule has 5 heteroatoms. The van der Waals surface area contributed by atoms with Crippen molar-refractivity contribution < 1.29 is 14.4 Å². The van der Waals surface area contributed by atoms with Gasteiger partial charge in [-0.2, -0.15) is 0 Å². The Hall–Kier alpha value is -1.39. The standard InChI is InChI=1S/C7H12N2O3/c1-5(10)4-7(12)9-3-2-6(8)11/h2-4H2,1H3,(H2,8,11)(H,9,12). The van der Waals surface area contributed by atoms with Crippen molar-refractivity contribution >= 4 is 17.6 Å². The van der Waals surface area contributed by atoms with E-state index in [4.69, 9.17) is 5.73 Å². The van der Waals surface area contributed by atoms with Crippen molar-refractivity contribution in [1.29, 1.82) is 0 Å². The van der Waals surface area contributed by atoms with E-state index in [-0.39, 0.29) is 31.1 Å². The fourth-order valence-electron chi connectivity index (χ4n) is 0.614. The van der Waals surface area contributed by atoms with Gasteiger partial charge in [-0.3, -0.25) is 14.4 Å². The highest BCUT2D eigenvalue weighted by atomic mass is 16.2. The summed E-state index contributed by atoms with van der Waals surface area (Å²) < 4.78 is 0. The van der Waals surface area contributed by atoms with Crippen molar-refractivity contribution in [2.75, 3.05) is 6.54 Å². The maximum Gasteiger partial charge on any atom is 0.227 e. The number of hydrogen-bond donors (Lipinski definition) is 2. The van der Waals surface area contributed by atoms with Gasteiger partial charge >= 0.3 is 0 Å². The summed E-state index contributed by atoms with van der Waals surface area (Å²) in [7, 11) is 0. The van der Waals surface area contributed by atoms with Crippen LogP contribution >= 0.6 is 0 Å². The number of nitrogens with two attached hydrogens (primary N) is 1. The second-order valence-electron chi connectivity index (χ2n) is 2.45. The Morgan fingerprint density at radius 1 is 1.33 bits per heavy atom. The van der Waals surface area contributed by atoms with Crippen LogP contribution in [0.3, 0.4) is 0 Å². The summed E-state index contributed by atoms with van der Waals surface area (Å²) in [5.41, 5.74) is 4.82. The monoisotopic (exact) mass is 172 g/mol. The quantitative estimate of drug-likeness (QED) is 0.519. The molecule has 0 aliphatic rings. The molecule has 3 N–H and O–H groups in total. The third-order valence-corrected chi connectivity index (χ3v) is 1.10. The first kappa shape index (κ1) is 10.6. The molecule has 12 heavy (non-hydrogen) atoms. The summed E-state index contributed by atoms with van der Waals surface area (Å²) in [6, 6.07) is 0. The van der Waals surface area contributed by atoms with Gasteiger partial charge in [-0.1, -0.05) is 0 Å². The van der Waals surface area contributed by atoms with Gasteiger partial charge in [0.2, 0.25) is 11.8 Å². The van der Waals surface area contributed by atoms with E-state index in [0.29, 0.717) is 0 Å². The van der Waals surface area contributed by atoms with E-state index in [0.717, 1.165) is 0 Å². The van der Waals surface area contributed by atoms with Crippen molar-refractivity contribution in [3.8, 4) is 0 Å². The first-order chi connectivity index (χ1) is 5.52. The minimum absolute atomic E-state index is 0.101. The van der Waals surface area contributed by atoms with E-state index < -0.39 is 5.91 Å². The van der Waals surface area contributed by atoms with E-state index in [1.165, 1.54) is 6.92 Å². The van der Waals surface area contributed by atoms with Crippen LogP contribution in [0, 0.1) is 0 Å². The first-order valence-corrected chi connectivity index (χ1v) is 3.57. The van der Waals surface area contributed by atoms with E-state index in [9.17, 15) is 14.4 Å². The Bertz CT molecular complexity index is 201. The van der Waals surface area contributed by atoms with Crippen LogP contribution in [-0.4, -0.2) is 24.1 Å². The number of primary amides is 1. The molecular weight excluding hydrogens is 160 g/mol. The molecule has 0 aliphatic carbocycles. The molecule has 0 aromatic rings. The zero-order valence-electron chi connectivity index (χ0n) is 6.92.